The van der Waals surface area contributed by atoms with Gasteiger partial charge in [0.1, 0.15) is 11.6 Å². The number of ether oxygens (including phenoxy) is 1. The lowest BCUT2D eigenvalue weighted by molar-refractivity contribution is 0.323. The Labute approximate surface area is 150 Å². The number of hydrogen-bond donors (Lipinski definition) is 2. The molecule has 3 rings (SSSR count). The van der Waals surface area contributed by atoms with E-state index in [1.54, 1.807) is 18.2 Å². The normalized spacial score (nSPS) is 19.9. The van der Waals surface area contributed by atoms with Gasteiger partial charge < -0.3 is 10.5 Å². The van der Waals surface area contributed by atoms with E-state index in [0.717, 1.165) is 16.8 Å². The number of allylic oxidation sites excluding steroid dienone is 1. The van der Waals surface area contributed by atoms with Crippen molar-refractivity contribution in [2.24, 2.45) is 11.7 Å². The number of halogens is 2. The van der Waals surface area contributed by atoms with Crippen LogP contribution < -0.4 is 10.5 Å². The number of nitriles is 1. The Kier molecular flexibility index (Phi) is 3.98. The van der Waals surface area contributed by atoms with E-state index in [1.807, 2.05) is 20.8 Å². The van der Waals surface area contributed by atoms with Crippen LogP contribution in [0.15, 0.2) is 29.7 Å². The molecule has 1 aliphatic heterocycles. The van der Waals surface area contributed by atoms with Crippen molar-refractivity contribution in [2.75, 3.05) is 0 Å². The van der Waals surface area contributed by atoms with Crippen molar-refractivity contribution in [1.82, 2.24) is 10.2 Å². The number of aryl methyl sites for hydroxylation is 1. The summed E-state index contributed by atoms with van der Waals surface area (Å²) in [5.41, 5.74) is 7.83. The summed E-state index contributed by atoms with van der Waals surface area (Å²) in [5.74, 6) is 0.464. The standard InChI is InChI=1S/C17H16Cl2N4O/c1-8(2)17(10-4-11(18)6-12(19)5-10)13(7-20)15(21)24-16-14(17)9(3)22-23-16/h4-6,8H,21H2,1-3H3,(H,22,23). The van der Waals surface area contributed by atoms with E-state index in [9.17, 15) is 5.26 Å². The zero-order valence-corrected chi connectivity index (χ0v) is 15.0. The highest BCUT2D eigenvalue weighted by molar-refractivity contribution is 6.34. The number of fused-ring (bicyclic) bond motifs is 1. The van der Waals surface area contributed by atoms with E-state index in [4.69, 9.17) is 33.7 Å². The van der Waals surface area contributed by atoms with E-state index in [-0.39, 0.29) is 11.8 Å². The van der Waals surface area contributed by atoms with Crippen molar-refractivity contribution in [1.29, 1.82) is 5.26 Å². The number of aromatic nitrogens is 2. The third-order valence-electron chi connectivity index (χ3n) is 4.46. The third-order valence-corrected chi connectivity index (χ3v) is 4.89. The van der Waals surface area contributed by atoms with Gasteiger partial charge >= 0.3 is 0 Å². The number of hydrogen-bond acceptors (Lipinski definition) is 4. The molecule has 0 aliphatic carbocycles. The highest BCUT2D eigenvalue weighted by Gasteiger charge is 2.50. The number of nitrogens with zero attached hydrogens (tertiary/aromatic N) is 2. The second-order valence-corrected chi connectivity index (χ2v) is 6.96. The van der Waals surface area contributed by atoms with Gasteiger partial charge in [-0.1, -0.05) is 37.0 Å². The van der Waals surface area contributed by atoms with Gasteiger partial charge in [0.2, 0.25) is 11.8 Å². The SMILES string of the molecule is Cc1n[nH]c2c1C(c1cc(Cl)cc(Cl)c1)(C(C)C)C(C#N)=C(N)O2. The van der Waals surface area contributed by atoms with E-state index < -0.39 is 5.41 Å². The molecule has 124 valence electrons. The molecule has 7 heteroatoms. The minimum absolute atomic E-state index is 0.0285. The lowest BCUT2D eigenvalue weighted by Crippen LogP contribution is -2.41. The van der Waals surface area contributed by atoms with Crippen molar-refractivity contribution >= 4 is 23.2 Å². The van der Waals surface area contributed by atoms with Crippen LogP contribution >= 0.6 is 23.2 Å². The van der Waals surface area contributed by atoms with Crippen LogP contribution in [0.4, 0.5) is 0 Å². The second-order valence-electron chi connectivity index (χ2n) is 6.09. The zero-order chi connectivity index (χ0) is 17.6. The van der Waals surface area contributed by atoms with Gasteiger partial charge in [0.05, 0.1) is 16.7 Å². The smallest absolute Gasteiger partial charge is 0.222 e. The van der Waals surface area contributed by atoms with Gasteiger partial charge in [-0.3, -0.25) is 0 Å². The molecule has 3 N–H and O–H groups in total. The summed E-state index contributed by atoms with van der Waals surface area (Å²) in [5, 5.41) is 17.9. The molecule has 1 atom stereocenters. The van der Waals surface area contributed by atoms with Gasteiger partial charge in [-0.15, -0.1) is 0 Å². The molecule has 2 aromatic rings. The number of aromatic amines is 1. The molecular formula is C17H16Cl2N4O. The van der Waals surface area contributed by atoms with Crippen molar-refractivity contribution < 1.29 is 4.74 Å². The van der Waals surface area contributed by atoms with Crippen LogP contribution in [0, 0.1) is 24.2 Å². The van der Waals surface area contributed by atoms with E-state index in [0.29, 0.717) is 21.5 Å². The Morgan fingerprint density at radius 3 is 2.46 bits per heavy atom. The first-order valence-electron chi connectivity index (χ1n) is 7.42. The monoisotopic (exact) mass is 362 g/mol. The molecule has 1 unspecified atom stereocenters. The highest BCUT2D eigenvalue weighted by Crippen LogP contribution is 2.53. The van der Waals surface area contributed by atoms with Crippen LogP contribution in [0.2, 0.25) is 10.0 Å². The Morgan fingerprint density at radius 1 is 1.29 bits per heavy atom. The number of nitrogens with one attached hydrogen (secondary N) is 1. The summed E-state index contributed by atoms with van der Waals surface area (Å²) in [6, 6.07) is 7.49. The maximum absolute atomic E-state index is 9.84. The zero-order valence-electron chi connectivity index (χ0n) is 13.4. The molecule has 5 nitrogen and oxygen atoms in total. The molecule has 1 aromatic carbocycles. The second kappa shape index (κ2) is 5.73. The quantitative estimate of drug-likeness (QED) is 0.843. The third kappa shape index (κ3) is 2.18. The van der Waals surface area contributed by atoms with Crippen molar-refractivity contribution in [3.05, 3.63) is 56.5 Å². The van der Waals surface area contributed by atoms with Gasteiger partial charge in [0.25, 0.3) is 0 Å². The summed E-state index contributed by atoms with van der Waals surface area (Å²) in [6.45, 7) is 5.89. The molecule has 0 amide bonds. The fourth-order valence-electron chi connectivity index (χ4n) is 3.55. The number of rotatable bonds is 2. The molecule has 2 heterocycles. The van der Waals surface area contributed by atoms with Gasteiger partial charge in [0.15, 0.2) is 0 Å². The van der Waals surface area contributed by atoms with Crippen molar-refractivity contribution in [3.8, 4) is 11.9 Å². The number of H-pyrrole nitrogens is 1. The summed E-state index contributed by atoms with van der Waals surface area (Å²) >= 11 is 12.5. The summed E-state index contributed by atoms with van der Waals surface area (Å²) < 4.78 is 5.59. The predicted octanol–water partition coefficient (Wildman–Crippen LogP) is 4.05. The first-order chi connectivity index (χ1) is 11.3. The Balaban J connectivity index is 2.48. The van der Waals surface area contributed by atoms with Gasteiger partial charge in [-0.05, 0) is 36.6 Å². The largest absolute Gasteiger partial charge is 0.422 e. The maximum Gasteiger partial charge on any atom is 0.222 e. The molecule has 24 heavy (non-hydrogen) atoms. The maximum atomic E-state index is 9.84. The molecule has 1 aliphatic rings. The van der Waals surface area contributed by atoms with E-state index in [1.165, 1.54) is 0 Å². The molecule has 0 saturated heterocycles. The Morgan fingerprint density at radius 2 is 1.92 bits per heavy atom. The van der Waals surface area contributed by atoms with E-state index >= 15 is 0 Å². The Hall–Kier alpha value is -2.16. The molecule has 0 fully saturated rings. The molecule has 0 spiro atoms. The molecule has 0 saturated carbocycles. The van der Waals surface area contributed by atoms with Crippen LogP contribution in [0.3, 0.4) is 0 Å². The number of benzene rings is 1. The number of nitrogens with two attached hydrogens (primary N) is 1. The molecule has 1 aromatic heterocycles. The summed E-state index contributed by atoms with van der Waals surface area (Å²) in [6.07, 6.45) is 0. The van der Waals surface area contributed by atoms with Crippen LogP contribution in [-0.2, 0) is 5.41 Å². The fraction of sp³-hybridized carbons (Fsp3) is 0.294. The summed E-state index contributed by atoms with van der Waals surface area (Å²) in [7, 11) is 0. The van der Waals surface area contributed by atoms with Crippen LogP contribution in [-0.4, -0.2) is 10.2 Å². The minimum atomic E-state index is -0.849. The van der Waals surface area contributed by atoms with Crippen molar-refractivity contribution in [2.45, 2.75) is 26.2 Å². The first kappa shape index (κ1) is 16.7. The Bertz CT molecular complexity index is 874. The predicted molar refractivity (Wildman–Crippen MR) is 92.9 cm³/mol. The summed E-state index contributed by atoms with van der Waals surface area (Å²) in [4.78, 5) is 0. The molecule has 0 bridgehead atoms. The van der Waals surface area contributed by atoms with Crippen LogP contribution in [0.5, 0.6) is 5.88 Å². The molecular weight excluding hydrogens is 347 g/mol. The topological polar surface area (TPSA) is 87.7 Å². The average molecular weight is 363 g/mol. The van der Waals surface area contributed by atoms with Crippen LogP contribution in [0.1, 0.15) is 30.7 Å². The first-order valence-corrected chi connectivity index (χ1v) is 8.18. The highest BCUT2D eigenvalue weighted by atomic mass is 35.5. The lowest BCUT2D eigenvalue weighted by atomic mass is 9.62. The minimum Gasteiger partial charge on any atom is -0.422 e. The lowest BCUT2D eigenvalue weighted by Gasteiger charge is -2.41. The fourth-order valence-corrected chi connectivity index (χ4v) is 4.08. The van der Waals surface area contributed by atoms with Gasteiger partial charge in [-0.2, -0.15) is 10.4 Å². The van der Waals surface area contributed by atoms with Gasteiger partial charge in [-0.25, -0.2) is 5.10 Å². The van der Waals surface area contributed by atoms with E-state index in [2.05, 4.69) is 16.3 Å². The van der Waals surface area contributed by atoms with Gasteiger partial charge in [0, 0.05) is 10.0 Å². The average Bonchev–Trinajstić information content (AvgIpc) is 2.85. The van der Waals surface area contributed by atoms with Crippen LogP contribution in [0.25, 0.3) is 0 Å². The van der Waals surface area contributed by atoms with Crippen molar-refractivity contribution in [3.63, 3.8) is 0 Å². The molecule has 0 radical (unpaired) electrons.